The fraction of sp³-hybridized carbons (Fsp3) is 0.263. The maximum Gasteiger partial charge on any atom is 0.390 e. The molecule has 4 nitrogen and oxygen atoms in total. The van der Waals surface area contributed by atoms with Crippen molar-refractivity contribution in [1.82, 2.24) is 4.90 Å². The van der Waals surface area contributed by atoms with Gasteiger partial charge in [0.05, 0.1) is 18.7 Å². The number of ketones is 1. The van der Waals surface area contributed by atoms with Crippen LogP contribution in [0.2, 0.25) is 5.02 Å². The molecule has 2 aromatic rings. The molecule has 0 bridgehead atoms. The molecule has 27 heavy (non-hydrogen) atoms. The van der Waals surface area contributed by atoms with Gasteiger partial charge in [-0.25, -0.2) is 0 Å². The highest BCUT2D eigenvalue weighted by Gasteiger charge is 2.27. The second-order valence-corrected chi connectivity index (χ2v) is 6.47. The van der Waals surface area contributed by atoms with Crippen LogP contribution in [0.3, 0.4) is 0 Å². The fourth-order valence-electron chi connectivity index (χ4n) is 2.39. The first-order chi connectivity index (χ1) is 12.7. The van der Waals surface area contributed by atoms with Crippen molar-refractivity contribution in [3.63, 3.8) is 0 Å². The van der Waals surface area contributed by atoms with Gasteiger partial charge in [-0.1, -0.05) is 41.9 Å². The monoisotopic (exact) mass is 398 g/mol. The summed E-state index contributed by atoms with van der Waals surface area (Å²) in [6, 6.07) is 12.9. The average molecular weight is 399 g/mol. The third-order valence-electron chi connectivity index (χ3n) is 3.73. The number of carbonyl (C=O) groups is 2. The van der Waals surface area contributed by atoms with Crippen molar-refractivity contribution in [2.24, 2.45) is 0 Å². The van der Waals surface area contributed by atoms with E-state index >= 15 is 0 Å². The Morgan fingerprint density at radius 3 is 2.41 bits per heavy atom. The third kappa shape index (κ3) is 6.69. The van der Waals surface area contributed by atoms with E-state index < -0.39 is 18.5 Å². The summed E-state index contributed by atoms with van der Waals surface area (Å²) in [5, 5.41) is 2.90. The Kier molecular flexibility index (Phi) is 6.98. The molecule has 0 aliphatic rings. The van der Waals surface area contributed by atoms with E-state index in [0.717, 1.165) is 0 Å². The van der Waals surface area contributed by atoms with E-state index in [4.69, 9.17) is 11.6 Å². The number of amides is 1. The summed E-state index contributed by atoms with van der Waals surface area (Å²) in [6.07, 6.45) is -5.29. The highest BCUT2D eigenvalue weighted by molar-refractivity contribution is 6.31. The molecule has 144 valence electrons. The van der Waals surface area contributed by atoms with E-state index in [1.54, 1.807) is 30.3 Å². The van der Waals surface area contributed by atoms with Crippen molar-refractivity contribution in [2.75, 3.05) is 25.5 Å². The molecule has 0 fully saturated rings. The van der Waals surface area contributed by atoms with Crippen LogP contribution in [0.5, 0.6) is 0 Å². The van der Waals surface area contributed by atoms with E-state index in [0.29, 0.717) is 10.6 Å². The van der Waals surface area contributed by atoms with Crippen molar-refractivity contribution >= 4 is 29.0 Å². The highest BCUT2D eigenvalue weighted by Crippen LogP contribution is 2.24. The topological polar surface area (TPSA) is 49.4 Å². The smallest absolute Gasteiger partial charge is 0.324 e. The summed E-state index contributed by atoms with van der Waals surface area (Å²) in [6.45, 7) is -0.537. The molecule has 0 saturated heterocycles. The first kappa shape index (κ1) is 20.9. The fourth-order valence-corrected chi connectivity index (χ4v) is 2.56. The van der Waals surface area contributed by atoms with Crippen LogP contribution in [0.25, 0.3) is 0 Å². The van der Waals surface area contributed by atoms with E-state index in [1.165, 1.54) is 30.1 Å². The van der Waals surface area contributed by atoms with Gasteiger partial charge in [0, 0.05) is 22.7 Å². The van der Waals surface area contributed by atoms with Gasteiger partial charge < -0.3 is 5.32 Å². The van der Waals surface area contributed by atoms with E-state index in [9.17, 15) is 22.8 Å². The second-order valence-electron chi connectivity index (χ2n) is 6.04. The zero-order valence-corrected chi connectivity index (χ0v) is 15.3. The summed E-state index contributed by atoms with van der Waals surface area (Å²) in [7, 11) is 1.42. The number of nitrogens with one attached hydrogen (secondary N) is 1. The van der Waals surface area contributed by atoms with Crippen molar-refractivity contribution in [2.45, 2.75) is 12.6 Å². The van der Waals surface area contributed by atoms with E-state index in [1.807, 2.05) is 0 Å². The Hall–Kier alpha value is -2.38. The molecule has 0 radical (unpaired) electrons. The molecule has 0 unspecified atom stereocenters. The molecule has 0 aliphatic heterocycles. The lowest BCUT2D eigenvalue weighted by Gasteiger charge is -2.18. The van der Waals surface area contributed by atoms with E-state index in [-0.39, 0.29) is 30.1 Å². The standard InChI is InChI=1S/C19H18ClF3N2O2/c1-25(10-9-19(21,22)23)12-17(26)24-16-8-7-14(20)11-15(16)18(27)13-5-3-2-4-6-13/h2-8,11H,9-10,12H2,1H3,(H,24,26). The quantitative estimate of drug-likeness (QED) is 0.703. The van der Waals surface area contributed by atoms with Crippen molar-refractivity contribution < 1.29 is 22.8 Å². The molecule has 0 aromatic heterocycles. The number of halogens is 4. The molecule has 0 spiro atoms. The van der Waals surface area contributed by atoms with Crippen LogP contribution in [0.15, 0.2) is 48.5 Å². The lowest BCUT2D eigenvalue weighted by molar-refractivity contribution is -0.138. The Morgan fingerprint density at radius 1 is 1.11 bits per heavy atom. The van der Waals surface area contributed by atoms with Crippen LogP contribution in [0.4, 0.5) is 18.9 Å². The number of carbonyl (C=O) groups excluding carboxylic acids is 2. The zero-order chi connectivity index (χ0) is 20.0. The normalized spacial score (nSPS) is 11.5. The molecular weight excluding hydrogens is 381 g/mol. The number of rotatable bonds is 7. The third-order valence-corrected chi connectivity index (χ3v) is 3.96. The maximum absolute atomic E-state index is 12.7. The lowest BCUT2D eigenvalue weighted by Crippen LogP contribution is -2.33. The summed E-state index contributed by atoms with van der Waals surface area (Å²) in [4.78, 5) is 26.1. The van der Waals surface area contributed by atoms with Gasteiger partial charge in [0.1, 0.15) is 0 Å². The molecule has 2 rings (SSSR count). The molecule has 0 aliphatic carbocycles. The molecule has 1 amide bonds. The van der Waals surface area contributed by atoms with Crippen molar-refractivity contribution in [1.29, 1.82) is 0 Å². The van der Waals surface area contributed by atoms with Crippen LogP contribution in [0, 0.1) is 0 Å². The van der Waals surface area contributed by atoms with Crippen LogP contribution < -0.4 is 5.32 Å². The SMILES string of the molecule is CN(CCC(F)(F)F)CC(=O)Nc1ccc(Cl)cc1C(=O)c1ccccc1. The summed E-state index contributed by atoms with van der Waals surface area (Å²) >= 11 is 5.97. The molecule has 0 atom stereocenters. The number of benzene rings is 2. The highest BCUT2D eigenvalue weighted by atomic mass is 35.5. The van der Waals surface area contributed by atoms with Gasteiger partial charge in [-0.05, 0) is 25.2 Å². The Balaban J connectivity index is 2.10. The molecule has 0 saturated carbocycles. The van der Waals surface area contributed by atoms with Gasteiger partial charge >= 0.3 is 6.18 Å². The minimum atomic E-state index is -4.28. The Labute approximate surface area is 159 Å². The largest absolute Gasteiger partial charge is 0.390 e. The molecule has 1 N–H and O–H groups in total. The molecule has 8 heteroatoms. The number of hydrogen-bond donors (Lipinski definition) is 1. The van der Waals surface area contributed by atoms with Gasteiger partial charge in [-0.15, -0.1) is 0 Å². The van der Waals surface area contributed by atoms with Crippen molar-refractivity contribution in [3.8, 4) is 0 Å². The van der Waals surface area contributed by atoms with Crippen LogP contribution in [0.1, 0.15) is 22.3 Å². The van der Waals surface area contributed by atoms with Crippen LogP contribution in [-0.4, -0.2) is 42.9 Å². The van der Waals surface area contributed by atoms with Gasteiger partial charge in [0.25, 0.3) is 0 Å². The minimum absolute atomic E-state index is 0.208. The summed E-state index contributed by atoms with van der Waals surface area (Å²) in [5.74, 6) is -0.845. The van der Waals surface area contributed by atoms with Gasteiger partial charge in [-0.2, -0.15) is 13.2 Å². The maximum atomic E-state index is 12.7. The van der Waals surface area contributed by atoms with Crippen LogP contribution in [-0.2, 0) is 4.79 Å². The van der Waals surface area contributed by atoms with Gasteiger partial charge in [0.2, 0.25) is 5.91 Å². The minimum Gasteiger partial charge on any atom is -0.324 e. The van der Waals surface area contributed by atoms with Crippen LogP contribution >= 0.6 is 11.6 Å². The number of hydrogen-bond acceptors (Lipinski definition) is 3. The molecule has 0 heterocycles. The summed E-state index contributed by atoms with van der Waals surface area (Å²) < 4.78 is 36.8. The Bertz CT molecular complexity index is 810. The predicted octanol–water partition coefficient (Wildman–Crippen LogP) is 4.39. The Morgan fingerprint density at radius 2 is 1.78 bits per heavy atom. The molecule has 2 aromatic carbocycles. The average Bonchev–Trinajstić information content (AvgIpc) is 2.61. The van der Waals surface area contributed by atoms with Crippen molar-refractivity contribution in [3.05, 3.63) is 64.7 Å². The summed E-state index contributed by atoms with van der Waals surface area (Å²) in [5.41, 5.74) is 0.889. The number of anilines is 1. The number of likely N-dealkylation sites (N-methyl/N-ethyl adjacent to an activating group) is 1. The predicted molar refractivity (Wildman–Crippen MR) is 98.1 cm³/mol. The van der Waals surface area contributed by atoms with Gasteiger partial charge in [-0.3, -0.25) is 14.5 Å². The number of alkyl halides is 3. The second kappa shape index (κ2) is 9.01. The first-order valence-electron chi connectivity index (χ1n) is 8.10. The zero-order valence-electron chi connectivity index (χ0n) is 14.5. The van der Waals surface area contributed by atoms with Gasteiger partial charge in [0.15, 0.2) is 5.78 Å². The molecular formula is C19H18ClF3N2O2. The van der Waals surface area contributed by atoms with E-state index in [2.05, 4.69) is 5.32 Å². The first-order valence-corrected chi connectivity index (χ1v) is 8.48. The number of nitrogens with zero attached hydrogens (tertiary/aromatic N) is 1. The lowest BCUT2D eigenvalue weighted by atomic mass is 10.0.